The van der Waals surface area contributed by atoms with Crippen LogP contribution in [0.2, 0.25) is 0 Å². The maximum absolute atomic E-state index is 5.91. The minimum atomic E-state index is 0.0650. The molecular formula is C12H22N2OS. The first-order valence-corrected chi connectivity index (χ1v) is 6.76. The zero-order valence-electron chi connectivity index (χ0n) is 10.6. The smallest absolute Gasteiger partial charge is 0.122 e. The summed E-state index contributed by atoms with van der Waals surface area (Å²) in [6, 6.07) is 0.0650. The lowest BCUT2D eigenvalue weighted by atomic mass is 10.2. The molecule has 0 amide bonds. The van der Waals surface area contributed by atoms with Crippen molar-refractivity contribution in [2.45, 2.75) is 52.7 Å². The van der Waals surface area contributed by atoms with E-state index in [1.165, 1.54) is 4.88 Å². The second-order valence-electron chi connectivity index (χ2n) is 4.02. The number of hydrogen-bond donors (Lipinski definition) is 1. The van der Waals surface area contributed by atoms with Gasteiger partial charge in [0.05, 0.1) is 5.69 Å². The van der Waals surface area contributed by atoms with Gasteiger partial charge in [-0.3, -0.25) is 0 Å². The summed E-state index contributed by atoms with van der Waals surface area (Å²) in [4.78, 5) is 5.76. The summed E-state index contributed by atoms with van der Waals surface area (Å²) in [6.45, 7) is 8.94. The third kappa shape index (κ3) is 3.27. The number of nitrogens with two attached hydrogens (primary N) is 1. The second kappa shape index (κ2) is 6.33. The Morgan fingerprint density at radius 3 is 2.56 bits per heavy atom. The van der Waals surface area contributed by atoms with E-state index in [0.29, 0.717) is 0 Å². The SMILES string of the molecule is CCCC(OCC)c1nc(C)c(C(C)N)s1. The van der Waals surface area contributed by atoms with Crippen LogP contribution in [0.1, 0.15) is 61.3 Å². The Morgan fingerprint density at radius 1 is 1.44 bits per heavy atom. The predicted octanol–water partition coefficient (Wildman–Crippen LogP) is 3.35. The molecule has 1 rings (SSSR count). The zero-order valence-corrected chi connectivity index (χ0v) is 11.4. The molecule has 2 unspecified atom stereocenters. The first-order chi connectivity index (χ1) is 7.60. The van der Waals surface area contributed by atoms with Crippen LogP contribution in [0.4, 0.5) is 0 Å². The van der Waals surface area contributed by atoms with Gasteiger partial charge in [-0.2, -0.15) is 0 Å². The van der Waals surface area contributed by atoms with Gasteiger partial charge >= 0.3 is 0 Å². The lowest BCUT2D eigenvalue weighted by Crippen LogP contribution is -2.03. The van der Waals surface area contributed by atoms with Gasteiger partial charge in [-0.15, -0.1) is 11.3 Å². The van der Waals surface area contributed by atoms with Crippen molar-refractivity contribution in [3.05, 3.63) is 15.6 Å². The Hall–Kier alpha value is -0.450. The van der Waals surface area contributed by atoms with Gasteiger partial charge < -0.3 is 10.5 Å². The third-order valence-electron chi connectivity index (χ3n) is 2.46. The summed E-state index contributed by atoms with van der Waals surface area (Å²) in [5, 5.41) is 1.08. The van der Waals surface area contributed by atoms with Crippen LogP contribution in [-0.2, 0) is 4.74 Å². The number of nitrogens with zero attached hydrogens (tertiary/aromatic N) is 1. The third-order valence-corrected chi connectivity index (χ3v) is 3.91. The van der Waals surface area contributed by atoms with E-state index in [9.17, 15) is 0 Å². The molecule has 0 saturated heterocycles. The summed E-state index contributed by atoms with van der Waals surface area (Å²) in [5.74, 6) is 0. The van der Waals surface area contributed by atoms with Gasteiger partial charge in [0.25, 0.3) is 0 Å². The summed E-state index contributed by atoms with van der Waals surface area (Å²) in [5.41, 5.74) is 6.96. The van der Waals surface area contributed by atoms with Crippen LogP contribution < -0.4 is 5.73 Å². The lowest BCUT2D eigenvalue weighted by Gasteiger charge is -2.12. The number of ether oxygens (including phenoxy) is 1. The fourth-order valence-corrected chi connectivity index (χ4v) is 2.84. The van der Waals surface area contributed by atoms with Crippen molar-refractivity contribution in [2.24, 2.45) is 5.73 Å². The molecule has 0 spiro atoms. The van der Waals surface area contributed by atoms with E-state index in [1.807, 2.05) is 20.8 Å². The van der Waals surface area contributed by atoms with Gasteiger partial charge in [0.15, 0.2) is 0 Å². The molecule has 0 fully saturated rings. The summed E-state index contributed by atoms with van der Waals surface area (Å²) in [7, 11) is 0. The molecule has 1 aromatic heterocycles. The van der Waals surface area contributed by atoms with Gasteiger partial charge in [-0.05, 0) is 27.2 Å². The molecule has 0 bridgehead atoms. The molecule has 1 heterocycles. The van der Waals surface area contributed by atoms with Crippen LogP contribution in [0.3, 0.4) is 0 Å². The average Bonchev–Trinajstić information content (AvgIpc) is 2.60. The molecule has 1 aromatic rings. The van der Waals surface area contributed by atoms with Crippen molar-refractivity contribution < 1.29 is 4.74 Å². The second-order valence-corrected chi connectivity index (χ2v) is 5.09. The maximum atomic E-state index is 5.91. The fraction of sp³-hybridized carbons (Fsp3) is 0.750. The molecule has 0 aromatic carbocycles. The molecule has 4 heteroatoms. The summed E-state index contributed by atoms with van der Waals surface area (Å²) >= 11 is 1.69. The first kappa shape index (κ1) is 13.6. The zero-order chi connectivity index (χ0) is 12.1. The Kier molecular flexibility index (Phi) is 5.38. The minimum Gasteiger partial charge on any atom is -0.371 e. The topological polar surface area (TPSA) is 48.1 Å². The minimum absolute atomic E-state index is 0.0650. The predicted molar refractivity (Wildman–Crippen MR) is 68.7 cm³/mol. The van der Waals surface area contributed by atoms with Gasteiger partial charge in [0, 0.05) is 17.5 Å². The van der Waals surface area contributed by atoms with Crippen molar-refractivity contribution in [3.63, 3.8) is 0 Å². The van der Waals surface area contributed by atoms with E-state index in [-0.39, 0.29) is 12.1 Å². The van der Waals surface area contributed by atoms with Crippen LogP contribution in [0.15, 0.2) is 0 Å². The maximum Gasteiger partial charge on any atom is 0.122 e. The molecule has 0 saturated carbocycles. The fourth-order valence-electron chi connectivity index (χ4n) is 1.73. The van der Waals surface area contributed by atoms with E-state index in [1.54, 1.807) is 11.3 Å². The number of rotatable bonds is 6. The average molecular weight is 242 g/mol. The molecule has 16 heavy (non-hydrogen) atoms. The van der Waals surface area contributed by atoms with Gasteiger partial charge in [-0.25, -0.2) is 4.98 Å². The molecule has 2 N–H and O–H groups in total. The Labute approximate surface area is 102 Å². The van der Waals surface area contributed by atoms with Gasteiger partial charge in [-0.1, -0.05) is 13.3 Å². The van der Waals surface area contributed by atoms with Gasteiger partial charge in [0.1, 0.15) is 11.1 Å². The Morgan fingerprint density at radius 2 is 2.12 bits per heavy atom. The van der Waals surface area contributed by atoms with Crippen LogP contribution in [-0.4, -0.2) is 11.6 Å². The van der Waals surface area contributed by atoms with E-state index >= 15 is 0 Å². The highest BCUT2D eigenvalue weighted by atomic mass is 32.1. The van der Waals surface area contributed by atoms with Crippen LogP contribution >= 0.6 is 11.3 Å². The highest BCUT2D eigenvalue weighted by Gasteiger charge is 2.18. The van der Waals surface area contributed by atoms with Crippen molar-refractivity contribution in [1.82, 2.24) is 4.98 Å². The molecule has 3 nitrogen and oxygen atoms in total. The van der Waals surface area contributed by atoms with Crippen LogP contribution in [0.25, 0.3) is 0 Å². The van der Waals surface area contributed by atoms with Crippen molar-refractivity contribution in [1.29, 1.82) is 0 Å². The highest BCUT2D eigenvalue weighted by Crippen LogP contribution is 2.31. The molecule has 0 aliphatic carbocycles. The number of thiazole rings is 1. The van der Waals surface area contributed by atoms with E-state index in [0.717, 1.165) is 30.2 Å². The normalized spacial score (nSPS) is 15.1. The largest absolute Gasteiger partial charge is 0.371 e. The Balaban J connectivity index is 2.87. The summed E-state index contributed by atoms with van der Waals surface area (Å²) in [6.07, 6.45) is 2.28. The highest BCUT2D eigenvalue weighted by molar-refractivity contribution is 7.11. The van der Waals surface area contributed by atoms with E-state index in [4.69, 9.17) is 10.5 Å². The molecular weight excluding hydrogens is 220 g/mol. The first-order valence-electron chi connectivity index (χ1n) is 5.94. The molecule has 2 atom stereocenters. The van der Waals surface area contributed by atoms with Gasteiger partial charge in [0.2, 0.25) is 0 Å². The van der Waals surface area contributed by atoms with Crippen LogP contribution in [0.5, 0.6) is 0 Å². The standard InChI is InChI=1S/C12H22N2OS/c1-5-7-10(15-6-2)12-14-9(4)11(16-12)8(3)13/h8,10H,5-7,13H2,1-4H3. The number of aromatic nitrogens is 1. The molecule has 0 aliphatic heterocycles. The van der Waals surface area contributed by atoms with Crippen molar-refractivity contribution in [2.75, 3.05) is 6.61 Å². The monoisotopic (exact) mass is 242 g/mol. The van der Waals surface area contributed by atoms with Crippen molar-refractivity contribution >= 4 is 11.3 Å². The summed E-state index contributed by atoms with van der Waals surface area (Å²) < 4.78 is 5.72. The number of hydrogen-bond acceptors (Lipinski definition) is 4. The molecule has 0 aliphatic rings. The van der Waals surface area contributed by atoms with E-state index in [2.05, 4.69) is 11.9 Å². The molecule has 0 radical (unpaired) electrons. The quantitative estimate of drug-likeness (QED) is 0.832. The number of aryl methyl sites for hydroxylation is 1. The lowest BCUT2D eigenvalue weighted by molar-refractivity contribution is 0.0554. The van der Waals surface area contributed by atoms with Crippen molar-refractivity contribution in [3.8, 4) is 0 Å². The van der Waals surface area contributed by atoms with E-state index < -0.39 is 0 Å². The van der Waals surface area contributed by atoms with Crippen LogP contribution in [0, 0.1) is 6.92 Å². The Bertz CT molecular complexity index is 317. The molecule has 92 valence electrons.